The summed E-state index contributed by atoms with van der Waals surface area (Å²) in [6.07, 6.45) is 0. The third-order valence-corrected chi connectivity index (χ3v) is 36.6. The summed E-state index contributed by atoms with van der Waals surface area (Å²) in [6.45, 7) is 43.5. The van der Waals surface area contributed by atoms with Crippen LogP contribution in [0.1, 0.15) is 44.5 Å². The molecule has 0 aliphatic rings. The molecule has 140 heavy (non-hydrogen) atoms. The molecule has 20 rings (SSSR count). The van der Waals surface area contributed by atoms with E-state index in [0.29, 0.717) is 45.0 Å². The minimum Gasteiger partial charge on any atom is -0.307 e. The Kier molecular flexibility index (Phi) is 24.6. The number of rotatable bonds is 20. The highest BCUT2D eigenvalue weighted by Crippen LogP contribution is 2.56. The molecule has 4 nitrogen and oxygen atoms in total. The second kappa shape index (κ2) is 36.3. The SMILES string of the molecule is Cc1ccc(-c2cc(F)cc(F)c2N(c2ccc([Si](C)(C)C)cc2)c2ccc3ccc4c(N(c5ccc([Si](C)(C)C)cc5)c5c(F)cc(F)cc5-c5ccc(C)cc5C)ccc5ccc2c3c54)c(C)c1.Cc1cccc(-c2cc(F)cc(F)c2N(c2ccc([Si](C)(C)C)cc2)c2ccc3ccc4c(N(c5ccc([Si](C)(C)C)cc5)c5c(F)cc(F)cc5-c5cccc(C)c5C)ccc5ccc2c3c54)c1C. The van der Waals surface area contributed by atoms with E-state index in [0.717, 1.165) is 178 Å². The van der Waals surface area contributed by atoms with Gasteiger partial charge in [0.1, 0.15) is 23.3 Å². The number of aryl methyl sites for hydroxylation is 6. The first kappa shape index (κ1) is 94.9. The van der Waals surface area contributed by atoms with E-state index in [9.17, 15) is 0 Å². The van der Waals surface area contributed by atoms with Crippen LogP contribution >= 0.6 is 0 Å². The van der Waals surface area contributed by atoms with E-state index < -0.39 is 78.8 Å². The highest BCUT2D eigenvalue weighted by Gasteiger charge is 2.35. The number of hydrogen-bond acceptors (Lipinski definition) is 4. The summed E-state index contributed by atoms with van der Waals surface area (Å²) in [5.41, 5.74) is 19.3. The summed E-state index contributed by atoms with van der Waals surface area (Å²) in [7, 11) is -6.92. The van der Waals surface area contributed by atoms with E-state index in [-0.39, 0.29) is 22.7 Å². The van der Waals surface area contributed by atoms with Crippen molar-refractivity contribution in [2.45, 2.75) is 134 Å². The van der Waals surface area contributed by atoms with Crippen molar-refractivity contribution in [1.29, 1.82) is 0 Å². The number of benzene rings is 20. The van der Waals surface area contributed by atoms with Crippen molar-refractivity contribution in [3.05, 3.63) is 406 Å². The molecular weight excluding hydrogens is 1810 g/mol. The summed E-state index contributed by atoms with van der Waals surface area (Å²) >= 11 is 0. The molecule has 700 valence electrons. The molecule has 0 bridgehead atoms. The average Bonchev–Trinajstić information content (AvgIpc) is 0.715. The van der Waals surface area contributed by atoms with Gasteiger partial charge >= 0.3 is 0 Å². The quantitative estimate of drug-likeness (QED) is 0.0428. The largest absolute Gasteiger partial charge is 0.307 e. The van der Waals surface area contributed by atoms with Crippen molar-refractivity contribution in [2.75, 3.05) is 19.6 Å². The molecule has 0 unspecified atom stereocenters. The van der Waals surface area contributed by atoms with Crippen LogP contribution in [0.15, 0.2) is 315 Å². The summed E-state index contributed by atoms with van der Waals surface area (Å²) in [4.78, 5) is 7.79. The van der Waals surface area contributed by atoms with E-state index in [2.05, 4.69) is 224 Å². The summed E-state index contributed by atoms with van der Waals surface area (Å²) in [6, 6.07) is 99.9. The van der Waals surface area contributed by atoms with Gasteiger partial charge in [-0.3, -0.25) is 0 Å². The molecule has 0 fully saturated rings. The zero-order valence-corrected chi connectivity index (χ0v) is 86.8. The fourth-order valence-corrected chi connectivity index (χ4v) is 25.3. The number of anilines is 12. The van der Waals surface area contributed by atoms with Crippen LogP contribution in [0, 0.1) is 102 Å². The van der Waals surface area contributed by atoms with E-state index in [1.807, 2.05) is 196 Å². The first-order valence-electron chi connectivity index (χ1n) is 47.8. The van der Waals surface area contributed by atoms with Crippen molar-refractivity contribution in [3.8, 4) is 44.5 Å². The van der Waals surface area contributed by atoms with Crippen molar-refractivity contribution in [1.82, 2.24) is 0 Å². The Labute approximate surface area is 819 Å². The van der Waals surface area contributed by atoms with Crippen LogP contribution in [0.3, 0.4) is 0 Å². The van der Waals surface area contributed by atoms with E-state index in [1.54, 1.807) is 0 Å². The van der Waals surface area contributed by atoms with Gasteiger partial charge in [-0.15, -0.1) is 0 Å². The first-order chi connectivity index (χ1) is 66.6. The molecule has 0 atom stereocenters. The lowest BCUT2D eigenvalue weighted by atomic mass is 9.90. The maximum Gasteiger partial charge on any atom is 0.150 e. The molecule has 16 heteroatoms. The van der Waals surface area contributed by atoms with Gasteiger partial charge in [0.15, 0.2) is 23.3 Å². The summed E-state index contributed by atoms with van der Waals surface area (Å²) in [5.74, 6) is -5.39. The summed E-state index contributed by atoms with van der Waals surface area (Å²) in [5, 5.41) is 16.1. The van der Waals surface area contributed by atoms with Crippen LogP contribution in [0.5, 0.6) is 0 Å². The predicted molar refractivity (Wildman–Crippen MR) is 590 cm³/mol. The maximum atomic E-state index is 17.2. The zero-order chi connectivity index (χ0) is 99.1. The zero-order valence-electron chi connectivity index (χ0n) is 82.8. The Balaban J connectivity index is 0.000000178. The minimum absolute atomic E-state index is 0.239. The van der Waals surface area contributed by atoms with Crippen molar-refractivity contribution >= 4 is 186 Å². The molecule has 0 saturated heterocycles. The predicted octanol–water partition coefficient (Wildman–Crippen LogP) is 35.5. The van der Waals surface area contributed by atoms with Gasteiger partial charge in [-0.25, -0.2) is 35.1 Å². The second-order valence-electron chi connectivity index (χ2n) is 42.0. The van der Waals surface area contributed by atoms with Crippen LogP contribution in [-0.2, 0) is 0 Å². The van der Waals surface area contributed by atoms with Gasteiger partial charge in [-0.05, 0) is 251 Å². The van der Waals surface area contributed by atoms with Gasteiger partial charge in [0.05, 0.1) is 77.8 Å². The minimum atomic E-state index is -1.73. The highest BCUT2D eigenvalue weighted by atomic mass is 28.3. The lowest BCUT2D eigenvalue weighted by Crippen LogP contribution is -2.37. The van der Waals surface area contributed by atoms with E-state index in [4.69, 9.17) is 0 Å². The van der Waals surface area contributed by atoms with Crippen LogP contribution in [0.25, 0.3) is 109 Å². The number of hydrogen-bond donors (Lipinski definition) is 0. The molecule has 20 aromatic carbocycles. The standard InChI is InChI=1S/2C62H56F4N2Si2/c1-37-11-25-49(39(3)31-37)53-33-43(63)35-55(65)61(53)67(45-17-21-47(22-18-45)69(5,6)7)57-29-15-41-14-28-52-58(30-16-42-13-27-51(57)59(41)60(42)52)68(46-19-23-48(24-20-46)70(8,9)10)62-54(34-44(64)36-56(62)66)50-26-12-38(2)32-40(50)4;1-37-13-11-15-49(39(37)3)53-33-43(63)35-55(65)61(53)67(45-21-25-47(26-22-45)69(5,6)7)57-31-19-41-18-30-52-58(32-20-42-17-29-51(57)59(41)60(42)52)68(46-23-27-48(28-24-46)70(8,9)10)62-54(34-44(64)36-56(62)66)50-16-12-14-38(2)40(50)4/h2*11-36H,1-10H3. The van der Waals surface area contributed by atoms with Crippen LogP contribution in [0.2, 0.25) is 78.6 Å². The highest BCUT2D eigenvalue weighted by molar-refractivity contribution is 6.90. The van der Waals surface area contributed by atoms with Gasteiger partial charge in [0, 0.05) is 90.8 Å². The number of nitrogens with zero attached hydrogens (tertiary/aromatic N) is 4. The van der Waals surface area contributed by atoms with Crippen molar-refractivity contribution in [3.63, 3.8) is 0 Å². The molecule has 0 aliphatic carbocycles. The lowest BCUT2D eigenvalue weighted by molar-refractivity contribution is 0.584. The Hall–Kier alpha value is -14.0. The molecule has 0 saturated carbocycles. The van der Waals surface area contributed by atoms with Gasteiger partial charge in [0.25, 0.3) is 0 Å². The topological polar surface area (TPSA) is 13.0 Å². The molecule has 0 amide bonds. The van der Waals surface area contributed by atoms with Gasteiger partial charge < -0.3 is 19.6 Å². The van der Waals surface area contributed by atoms with Gasteiger partial charge in [-0.2, -0.15) is 0 Å². The maximum absolute atomic E-state index is 17.2. The van der Waals surface area contributed by atoms with Crippen molar-refractivity contribution < 1.29 is 35.1 Å². The fraction of sp³-hybridized carbons (Fsp3) is 0.161. The van der Waals surface area contributed by atoms with Gasteiger partial charge in [-0.1, -0.05) is 305 Å². The normalized spacial score (nSPS) is 12.1. The van der Waals surface area contributed by atoms with Gasteiger partial charge in [0.2, 0.25) is 0 Å². The van der Waals surface area contributed by atoms with E-state index in [1.165, 1.54) is 45.0 Å². The molecule has 0 spiro atoms. The molecule has 0 heterocycles. The Bertz CT molecular complexity index is 7810. The molecule has 0 radical (unpaired) electrons. The molecule has 20 aromatic rings. The second-order valence-corrected chi connectivity index (χ2v) is 62.3. The van der Waals surface area contributed by atoms with Crippen LogP contribution in [0.4, 0.5) is 103 Å². The van der Waals surface area contributed by atoms with E-state index >= 15 is 35.1 Å². The molecule has 0 aliphatic heterocycles. The van der Waals surface area contributed by atoms with Crippen molar-refractivity contribution in [2.24, 2.45) is 0 Å². The Morgan fingerprint density at radius 3 is 0.636 bits per heavy atom. The first-order valence-corrected chi connectivity index (χ1v) is 61.8. The Morgan fingerprint density at radius 2 is 0.414 bits per heavy atom. The monoisotopic (exact) mass is 1920 g/mol. The third-order valence-electron chi connectivity index (χ3n) is 28.3. The smallest absolute Gasteiger partial charge is 0.150 e. The fourth-order valence-electron chi connectivity index (χ4n) is 20.6. The molecular formula is C124H112F8N4Si4. The average molecular weight is 1920 g/mol. The van der Waals surface area contributed by atoms with Crippen LogP contribution in [-0.4, -0.2) is 32.3 Å². The summed E-state index contributed by atoms with van der Waals surface area (Å²) < 4.78 is 131. The number of halogens is 8. The van der Waals surface area contributed by atoms with Crippen LogP contribution < -0.4 is 40.3 Å². The Morgan fingerprint density at radius 1 is 0.193 bits per heavy atom. The third kappa shape index (κ3) is 17.4. The molecule has 0 aromatic heterocycles. The lowest BCUT2D eigenvalue weighted by Gasteiger charge is -2.32. The molecule has 0 N–H and O–H groups in total.